The second-order valence-electron chi connectivity index (χ2n) is 5.10. The minimum Gasteiger partial charge on any atom is -0.385 e. The fourth-order valence-electron chi connectivity index (χ4n) is 2.19. The van der Waals surface area contributed by atoms with E-state index in [2.05, 4.69) is 5.32 Å². The average Bonchev–Trinajstić information content (AvgIpc) is 2.49. The lowest BCUT2D eigenvalue weighted by Crippen LogP contribution is -2.49. The summed E-state index contributed by atoms with van der Waals surface area (Å²) in [5, 5.41) is 2.70. The molecule has 1 amide bonds. The Morgan fingerprint density at radius 1 is 1.35 bits per heavy atom. The van der Waals surface area contributed by atoms with E-state index in [1.54, 1.807) is 14.0 Å². The second kappa shape index (κ2) is 8.83. The van der Waals surface area contributed by atoms with Crippen molar-refractivity contribution in [3.63, 3.8) is 0 Å². The van der Waals surface area contributed by atoms with Gasteiger partial charge in [0.15, 0.2) is 0 Å². The lowest BCUT2D eigenvalue weighted by atomic mass is 10.2. The number of amides is 1. The molecule has 0 aromatic heterocycles. The second-order valence-corrected chi connectivity index (χ2v) is 6.96. The van der Waals surface area contributed by atoms with E-state index in [9.17, 15) is 17.6 Å². The van der Waals surface area contributed by atoms with Crippen LogP contribution in [0, 0.1) is 5.82 Å². The van der Waals surface area contributed by atoms with Crippen molar-refractivity contribution in [1.29, 1.82) is 0 Å². The largest absolute Gasteiger partial charge is 0.385 e. The van der Waals surface area contributed by atoms with Crippen LogP contribution >= 0.6 is 0 Å². The van der Waals surface area contributed by atoms with Gasteiger partial charge in [0.1, 0.15) is 11.9 Å². The number of methoxy groups -OCH3 is 1. The standard InChI is InChI=1S/C15H23FN2O4S/c1-4-14(15(19)17-10-5-11-22-2)18(23(3,20)21)13-8-6-12(16)7-9-13/h6-9,14H,4-5,10-11H2,1-3H3,(H,17,19)/t14-/m0/s1. The van der Waals surface area contributed by atoms with Gasteiger partial charge < -0.3 is 10.1 Å². The van der Waals surface area contributed by atoms with Crippen molar-refractivity contribution in [3.05, 3.63) is 30.1 Å². The highest BCUT2D eigenvalue weighted by molar-refractivity contribution is 7.92. The van der Waals surface area contributed by atoms with Gasteiger partial charge in [-0.25, -0.2) is 12.8 Å². The van der Waals surface area contributed by atoms with Crippen molar-refractivity contribution in [2.75, 3.05) is 30.8 Å². The van der Waals surface area contributed by atoms with Gasteiger partial charge in [0.05, 0.1) is 11.9 Å². The molecule has 23 heavy (non-hydrogen) atoms. The molecule has 0 bridgehead atoms. The van der Waals surface area contributed by atoms with Crippen LogP contribution in [-0.4, -0.2) is 46.9 Å². The molecule has 6 nitrogen and oxygen atoms in total. The minimum absolute atomic E-state index is 0.257. The van der Waals surface area contributed by atoms with Crippen molar-refractivity contribution in [1.82, 2.24) is 5.32 Å². The number of sulfonamides is 1. The van der Waals surface area contributed by atoms with Gasteiger partial charge in [-0.15, -0.1) is 0 Å². The third-order valence-corrected chi connectivity index (χ3v) is 4.42. The Morgan fingerprint density at radius 2 is 1.96 bits per heavy atom. The Hall–Kier alpha value is -1.67. The van der Waals surface area contributed by atoms with Crippen LogP contribution in [0.3, 0.4) is 0 Å². The number of anilines is 1. The van der Waals surface area contributed by atoms with Gasteiger partial charge in [-0.1, -0.05) is 6.92 Å². The Balaban J connectivity index is 2.99. The molecule has 0 radical (unpaired) electrons. The number of rotatable bonds is 9. The van der Waals surface area contributed by atoms with Gasteiger partial charge >= 0.3 is 0 Å². The number of hydrogen-bond donors (Lipinski definition) is 1. The Morgan fingerprint density at radius 3 is 2.43 bits per heavy atom. The number of halogens is 1. The maximum absolute atomic E-state index is 13.1. The topological polar surface area (TPSA) is 75.7 Å². The summed E-state index contributed by atoms with van der Waals surface area (Å²) in [6, 6.07) is 4.13. The van der Waals surface area contributed by atoms with E-state index in [1.807, 2.05) is 0 Å². The van der Waals surface area contributed by atoms with Crippen molar-refractivity contribution >= 4 is 21.6 Å². The highest BCUT2D eigenvalue weighted by Crippen LogP contribution is 2.22. The molecule has 0 spiro atoms. The molecule has 0 heterocycles. The minimum atomic E-state index is -3.70. The van der Waals surface area contributed by atoms with Gasteiger partial charge in [0.2, 0.25) is 15.9 Å². The molecule has 0 aliphatic rings. The number of nitrogens with zero attached hydrogens (tertiary/aromatic N) is 1. The van der Waals surface area contributed by atoms with Crippen LogP contribution in [0.25, 0.3) is 0 Å². The fraction of sp³-hybridized carbons (Fsp3) is 0.533. The quantitative estimate of drug-likeness (QED) is 0.688. The summed E-state index contributed by atoms with van der Waals surface area (Å²) in [5.41, 5.74) is 0.257. The molecular formula is C15H23FN2O4S. The van der Waals surface area contributed by atoms with Crippen molar-refractivity contribution in [3.8, 4) is 0 Å². The van der Waals surface area contributed by atoms with Gasteiger partial charge in [0.25, 0.3) is 0 Å². The first-order valence-corrected chi connectivity index (χ1v) is 9.17. The van der Waals surface area contributed by atoms with Crippen LogP contribution in [-0.2, 0) is 19.6 Å². The lowest BCUT2D eigenvalue weighted by Gasteiger charge is -2.30. The van der Waals surface area contributed by atoms with E-state index < -0.39 is 27.8 Å². The van der Waals surface area contributed by atoms with E-state index in [0.717, 1.165) is 22.7 Å². The molecular weight excluding hydrogens is 323 g/mol. The summed E-state index contributed by atoms with van der Waals surface area (Å²) in [4.78, 5) is 12.3. The van der Waals surface area contributed by atoms with Crippen molar-refractivity contribution in [2.24, 2.45) is 0 Å². The van der Waals surface area contributed by atoms with Gasteiger partial charge in [-0.3, -0.25) is 9.10 Å². The van der Waals surface area contributed by atoms with E-state index >= 15 is 0 Å². The van der Waals surface area contributed by atoms with Crippen LogP contribution in [0.15, 0.2) is 24.3 Å². The zero-order valence-corrected chi connectivity index (χ0v) is 14.4. The zero-order valence-electron chi connectivity index (χ0n) is 13.6. The molecule has 0 fully saturated rings. The third kappa shape index (κ3) is 5.80. The predicted octanol–water partition coefficient (Wildman–Crippen LogP) is 1.52. The smallest absolute Gasteiger partial charge is 0.243 e. The van der Waals surface area contributed by atoms with E-state index in [4.69, 9.17) is 4.74 Å². The number of ether oxygens (including phenoxy) is 1. The third-order valence-electron chi connectivity index (χ3n) is 3.24. The maximum atomic E-state index is 13.1. The van der Waals surface area contributed by atoms with E-state index in [-0.39, 0.29) is 5.69 Å². The Bertz CT molecular complexity index is 604. The monoisotopic (exact) mass is 346 g/mol. The van der Waals surface area contributed by atoms with Crippen molar-refractivity contribution < 1.29 is 22.3 Å². The number of benzene rings is 1. The molecule has 0 saturated carbocycles. The summed E-state index contributed by atoms with van der Waals surface area (Å²) in [6.07, 6.45) is 1.95. The first-order valence-electron chi connectivity index (χ1n) is 7.32. The summed E-state index contributed by atoms with van der Waals surface area (Å²) >= 11 is 0. The molecule has 1 N–H and O–H groups in total. The first kappa shape index (κ1) is 19.4. The summed E-state index contributed by atoms with van der Waals surface area (Å²) in [6.45, 7) is 2.62. The molecule has 1 rings (SSSR count). The van der Waals surface area contributed by atoms with Gasteiger partial charge in [-0.05, 0) is 37.1 Å². The maximum Gasteiger partial charge on any atom is 0.243 e. The highest BCUT2D eigenvalue weighted by atomic mass is 32.2. The van der Waals surface area contributed by atoms with Crippen LogP contribution < -0.4 is 9.62 Å². The van der Waals surface area contributed by atoms with Gasteiger partial charge in [-0.2, -0.15) is 0 Å². The molecule has 1 aromatic rings. The summed E-state index contributed by atoms with van der Waals surface area (Å²) in [5.74, 6) is -0.863. The normalized spacial score (nSPS) is 12.7. The number of nitrogens with one attached hydrogen (secondary N) is 1. The molecule has 1 aromatic carbocycles. The first-order chi connectivity index (χ1) is 10.8. The van der Waals surface area contributed by atoms with Crippen molar-refractivity contribution in [2.45, 2.75) is 25.8 Å². The molecule has 0 aliphatic heterocycles. The highest BCUT2D eigenvalue weighted by Gasteiger charge is 2.31. The Labute approximate surface area is 136 Å². The average molecular weight is 346 g/mol. The SMILES string of the molecule is CC[C@@H](C(=O)NCCCOC)N(c1ccc(F)cc1)S(C)(=O)=O. The molecule has 1 atom stereocenters. The number of carbonyl (C=O) groups is 1. The molecule has 0 aliphatic carbocycles. The lowest BCUT2D eigenvalue weighted by molar-refractivity contribution is -0.122. The number of hydrogen-bond acceptors (Lipinski definition) is 4. The molecule has 8 heteroatoms. The summed E-state index contributed by atoms with van der Waals surface area (Å²) < 4.78 is 43.3. The van der Waals surface area contributed by atoms with E-state index in [0.29, 0.717) is 26.0 Å². The van der Waals surface area contributed by atoms with Gasteiger partial charge in [0, 0.05) is 20.3 Å². The molecule has 0 unspecified atom stereocenters. The fourth-order valence-corrected chi connectivity index (χ4v) is 3.41. The van der Waals surface area contributed by atoms with Crippen LogP contribution in [0.1, 0.15) is 19.8 Å². The molecule has 0 saturated heterocycles. The van der Waals surface area contributed by atoms with Crippen LogP contribution in [0.2, 0.25) is 0 Å². The predicted molar refractivity (Wildman–Crippen MR) is 87.3 cm³/mol. The van der Waals surface area contributed by atoms with E-state index in [1.165, 1.54) is 12.1 Å². The number of carbonyl (C=O) groups excluding carboxylic acids is 1. The van der Waals surface area contributed by atoms with Crippen LogP contribution in [0.5, 0.6) is 0 Å². The zero-order chi connectivity index (χ0) is 17.5. The molecule has 130 valence electrons. The van der Waals surface area contributed by atoms with Crippen LogP contribution in [0.4, 0.5) is 10.1 Å². The Kier molecular flexibility index (Phi) is 7.44. The summed E-state index contributed by atoms with van der Waals surface area (Å²) in [7, 11) is -2.13.